The Labute approximate surface area is 159 Å². The highest BCUT2D eigenvalue weighted by molar-refractivity contribution is 5.94. The van der Waals surface area contributed by atoms with Crippen molar-refractivity contribution >= 4 is 5.91 Å². The Bertz CT molecular complexity index is 923. The summed E-state index contributed by atoms with van der Waals surface area (Å²) in [6, 6.07) is 11.6. The molecule has 0 saturated carbocycles. The summed E-state index contributed by atoms with van der Waals surface area (Å²) in [5.41, 5.74) is 1.71. The average molecular weight is 363 g/mol. The molecule has 3 heterocycles. The minimum absolute atomic E-state index is 0.0940. The first kappa shape index (κ1) is 17.6. The van der Waals surface area contributed by atoms with Crippen molar-refractivity contribution in [2.24, 2.45) is 0 Å². The highest BCUT2D eigenvalue weighted by Gasteiger charge is 2.27. The van der Waals surface area contributed by atoms with Crippen molar-refractivity contribution in [1.29, 1.82) is 0 Å². The first-order chi connectivity index (χ1) is 13.2. The summed E-state index contributed by atoms with van der Waals surface area (Å²) in [7, 11) is 0. The molecule has 27 heavy (non-hydrogen) atoms. The van der Waals surface area contributed by atoms with Crippen LogP contribution < -0.4 is 0 Å². The number of hydrogen-bond donors (Lipinski definition) is 0. The second-order valence-corrected chi connectivity index (χ2v) is 7.15. The van der Waals surface area contributed by atoms with E-state index in [4.69, 9.17) is 4.42 Å². The first-order valence-electron chi connectivity index (χ1n) is 9.63. The molecule has 1 saturated heterocycles. The Morgan fingerprint density at radius 1 is 1.22 bits per heavy atom. The fraction of sp³-hybridized carbons (Fsp3) is 0.364. The predicted molar refractivity (Wildman–Crippen MR) is 105 cm³/mol. The number of likely N-dealkylation sites (tertiary alicyclic amines) is 1. The van der Waals surface area contributed by atoms with Crippen LogP contribution in [0.15, 0.2) is 53.2 Å². The first-order valence-corrected chi connectivity index (χ1v) is 9.63. The number of imidazole rings is 1. The molecule has 0 bridgehead atoms. The third kappa shape index (κ3) is 3.54. The summed E-state index contributed by atoms with van der Waals surface area (Å²) in [5.74, 6) is 3.21. The third-order valence-electron chi connectivity index (χ3n) is 5.32. The summed E-state index contributed by atoms with van der Waals surface area (Å²) < 4.78 is 7.84. The van der Waals surface area contributed by atoms with Crippen molar-refractivity contribution in [3.8, 4) is 11.3 Å². The molecular formula is C22H25N3O2. The second-order valence-electron chi connectivity index (χ2n) is 7.15. The van der Waals surface area contributed by atoms with Crippen LogP contribution >= 0.6 is 0 Å². The lowest BCUT2D eigenvalue weighted by Gasteiger charge is -2.32. The van der Waals surface area contributed by atoms with Crippen LogP contribution in [-0.4, -0.2) is 33.4 Å². The molecule has 3 aromatic rings. The van der Waals surface area contributed by atoms with Gasteiger partial charge in [-0.05, 0) is 51.0 Å². The normalized spacial score (nSPS) is 17.3. The van der Waals surface area contributed by atoms with Crippen molar-refractivity contribution in [2.75, 3.05) is 13.1 Å². The topological polar surface area (TPSA) is 51.3 Å². The van der Waals surface area contributed by atoms with Crippen molar-refractivity contribution in [3.05, 3.63) is 65.9 Å². The number of rotatable bonds is 4. The highest BCUT2D eigenvalue weighted by Crippen LogP contribution is 2.28. The van der Waals surface area contributed by atoms with E-state index in [0.29, 0.717) is 5.92 Å². The van der Waals surface area contributed by atoms with Gasteiger partial charge >= 0.3 is 0 Å². The average Bonchev–Trinajstić information content (AvgIpc) is 3.36. The Balaban J connectivity index is 1.49. The number of hydrogen-bond acceptors (Lipinski definition) is 3. The van der Waals surface area contributed by atoms with Gasteiger partial charge in [0.1, 0.15) is 17.3 Å². The Morgan fingerprint density at radius 2 is 2.04 bits per heavy atom. The van der Waals surface area contributed by atoms with E-state index in [0.717, 1.165) is 60.9 Å². The Hall–Kier alpha value is -2.82. The number of carbonyl (C=O) groups is 1. The lowest BCUT2D eigenvalue weighted by molar-refractivity contribution is 0.0703. The van der Waals surface area contributed by atoms with Gasteiger partial charge in [0.25, 0.3) is 5.91 Å². The number of aromatic nitrogens is 2. The van der Waals surface area contributed by atoms with Gasteiger partial charge in [0, 0.05) is 49.1 Å². The highest BCUT2D eigenvalue weighted by atomic mass is 16.3. The van der Waals surface area contributed by atoms with Crippen molar-refractivity contribution in [1.82, 2.24) is 14.5 Å². The number of nitrogens with zero attached hydrogens (tertiary/aromatic N) is 3. The molecule has 1 atom stereocenters. The molecule has 140 valence electrons. The lowest BCUT2D eigenvalue weighted by Crippen LogP contribution is -2.39. The van der Waals surface area contributed by atoms with Crippen molar-refractivity contribution < 1.29 is 9.21 Å². The third-order valence-corrected chi connectivity index (χ3v) is 5.32. The van der Waals surface area contributed by atoms with Crippen LogP contribution in [0.25, 0.3) is 11.3 Å². The minimum Gasteiger partial charge on any atom is -0.461 e. The Kier molecular flexibility index (Phi) is 4.84. The van der Waals surface area contributed by atoms with E-state index < -0.39 is 0 Å². The maximum Gasteiger partial charge on any atom is 0.253 e. The van der Waals surface area contributed by atoms with Gasteiger partial charge in [-0.3, -0.25) is 4.79 Å². The SMILES string of the molecule is CCn1ccnc1[C@H]1CCCN(C(=O)c2ccc(-c3ccc(C)o3)cc2)C1. The van der Waals surface area contributed by atoms with Crippen molar-refractivity contribution in [3.63, 3.8) is 0 Å². The molecule has 1 fully saturated rings. The van der Waals surface area contributed by atoms with Crippen LogP contribution in [0.5, 0.6) is 0 Å². The molecule has 5 heteroatoms. The van der Waals surface area contributed by atoms with Crippen LogP contribution in [0.1, 0.15) is 47.6 Å². The quantitative estimate of drug-likeness (QED) is 0.686. The molecule has 2 aromatic heterocycles. The molecule has 0 radical (unpaired) electrons. The zero-order chi connectivity index (χ0) is 18.8. The number of benzene rings is 1. The number of aryl methyl sites for hydroxylation is 2. The monoisotopic (exact) mass is 363 g/mol. The van der Waals surface area contributed by atoms with Crippen LogP contribution in [-0.2, 0) is 6.54 Å². The molecule has 4 rings (SSSR count). The molecule has 0 aliphatic carbocycles. The largest absolute Gasteiger partial charge is 0.461 e. The standard InChI is InChI=1S/C22H25N3O2/c1-3-24-14-12-23-21(24)19-5-4-13-25(15-19)22(26)18-9-7-17(8-10-18)20-11-6-16(2)27-20/h6-12,14,19H,3-5,13,15H2,1-2H3/t19-/m0/s1. The number of carbonyl (C=O) groups excluding carboxylic acids is 1. The fourth-order valence-electron chi connectivity index (χ4n) is 3.87. The minimum atomic E-state index is 0.0940. The van der Waals surface area contributed by atoms with E-state index >= 15 is 0 Å². The molecule has 5 nitrogen and oxygen atoms in total. The summed E-state index contributed by atoms with van der Waals surface area (Å²) in [6.07, 6.45) is 5.97. The molecule has 1 aromatic carbocycles. The van der Waals surface area contributed by atoms with Gasteiger partial charge in [0.15, 0.2) is 0 Å². The summed E-state index contributed by atoms with van der Waals surface area (Å²) in [4.78, 5) is 19.5. The zero-order valence-electron chi connectivity index (χ0n) is 15.9. The van der Waals surface area contributed by atoms with Gasteiger partial charge in [-0.15, -0.1) is 0 Å². The zero-order valence-corrected chi connectivity index (χ0v) is 15.9. The van der Waals surface area contributed by atoms with E-state index in [9.17, 15) is 4.79 Å². The van der Waals surface area contributed by atoms with Crippen LogP contribution in [0.2, 0.25) is 0 Å². The van der Waals surface area contributed by atoms with Crippen LogP contribution in [0.3, 0.4) is 0 Å². The number of piperidine rings is 1. The molecule has 1 amide bonds. The fourth-order valence-corrected chi connectivity index (χ4v) is 3.87. The number of furan rings is 1. The smallest absolute Gasteiger partial charge is 0.253 e. The molecule has 1 aliphatic rings. The molecule has 0 unspecified atom stereocenters. The lowest BCUT2D eigenvalue weighted by atomic mass is 9.96. The van der Waals surface area contributed by atoms with Crippen LogP contribution in [0, 0.1) is 6.92 Å². The van der Waals surface area contributed by atoms with Gasteiger partial charge in [-0.2, -0.15) is 0 Å². The van der Waals surface area contributed by atoms with Gasteiger partial charge in [0.2, 0.25) is 0 Å². The van der Waals surface area contributed by atoms with Gasteiger partial charge in [0.05, 0.1) is 0 Å². The van der Waals surface area contributed by atoms with Gasteiger partial charge in [-0.25, -0.2) is 4.98 Å². The van der Waals surface area contributed by atoms with Crippen LogP contribution in [0.4, 0.5) is 0 Å². The van der Waals surface area contributed by atoms with E-state index in [-0.39, 0.29) is 5.91 Å². The van der Waals surface area contributed by atoms with E-state index in [1.165, 1.54) is 0 Å². The molecule has 0 spiro atoms. The molecule has 0 N–H and O–H groups in total. The summed E-state index contributed by atoms with van der Waals surface area (Å²) in [5, 5.41) is 0. The molecule has 1 aliphatic heterocycles. The Morgan fingerprint density at radius 3 is 2.74 bits per heavy atom. The maximum absolute atomic E-state index is 13.0. The van der Waals surface area contributed by atoms with Gasteiger partial charge < -0.3 is 13.9 Å². The van der Waals surface area contributed by atoms with Gasteiger partial charge in [-0.1, -0.05) is 12.1 Å². The van der Waals surface area contributed by atoms with E-state index in [2.05, 4.69) is 16.5 Å². The van der Waals surface area contributed by atoms with Crippen molar-refractivity contribution in [2.45, 2.75) is 39.2 Å². The summed E-state index contributed by atoms with van der Waals surface area (Å²) >= 11 is 0. The van der Waals surface area contributed by atoms with E-state index in [1.807, 2.05) is 60.6 Å². The second kappa shape index (κ2) is 7.43. The number of amides is 1. The predicted octanol–water partition coefficient (Wildman–Crippen LogP) is 4.49. The van der Waals surface area contributed by atoms with E-state index in [1.54, 1.807) is 0 Å². The maximum atomic E-state index is 13.0. The summed E-state index contributed by atoms with van der Waals surface area (Å²) in [6.45, 7) is 6.50. The molecular weight excluding hydrogens is 338 g/mol.